The van der Waals surface area contributed by atoms with Gasteiger partial charge in [-0.15, -0.1) is 0 Å². The van der Waals surface area contributed by atoms with E-state index in [1.807, 2.05) is 0 Å². The van der Waals surface area contributed by atoms with Gasteiger partial charge in [0.05, 0.1) is 17.6 Å². The molecule has 2 aromatic carbocycles. The first-order chi connectivity index (χ1) is 12.7. The maximum atomic E-state index is 13.6. The molecule has 0 aliphatic rings. The van der Waals surface area contributed by atoms with E-state index in [9.17, 15) is 22.4 Å². The van der Waals surface area contributed by atoms with Crippen LogP contribution in [0.1, 0.15) is 13.3 Å². The van der Waals surface area contributed by atoms with Gasteiger partial charge in [0.1, 0.15) is 5.82 Å². The summed E-state index contributed by atoms with van der Waals surface area (Å²) >= 11 is 0. The predicted octanol–water partition coefficient (Wildman–Crippen LogP) is 2.58. The molecule has 0 aliphatic heterocycles. The lowest BCUT2D eigenvalue weighted by atomic mass is 10.2. The standard InChI is InChI=1S/C18H20FN3O4S/c1-13(23)20-14-6-5-7-15(12-14)22(27(2,25)26)11-10-18(24)21-17-9-4-3-8-16(17)19/h3-9,12H,10-11H2,1-2H3,(H,20,23)(H,21,24). The molecule has 0 atom stereocenters. The quantitative estimate of drug-likeness (QED) is 0.756. The zero-order chi connectivity index (χ0) is 20.0. The minimum absolute atomic E-state index is 0.0288. The Hall–Kier alpha value is -2.94. The Labute approximate surface area is 157 Å². The molecule has 0 unspecified atom stereocenters. The van der Waals surface area contributed by atoms with E-state index in [2.05, 4.69) is 10.6 Å². The topological polar surface area (TPSA) is 95.6 Å². The van der Waals surface area contributed by atoms with Gasteiger partial charge in [0.25, 0.3) is 0 Å². The molecule has 0 aliphatic carbocycles. The van der Waals surface area contributed by atoms with Crippen LogP contribution in [0.25, 0.3) is 0 Å². The van der Waals surface area contributed by atoms with Gasteiger partial charge in [0.15, 0.2) is 0 Å². The van der Waals surface area contributed by atoms with Crippen LogP contribution in [0.4, 0.5) is 21.5 Å². The van der Waals surface area contributed by atoms with E-state index in [1.54, 1.807) is 24.3 Å². The smallest absolute Gasteiger partial charge is 0.232 e. The Morgan fingerprint density at radius 2 is 1.78 bits per heavy atom. The molecule has 0 saturated heterocycles. The van der Waals surface area contributed by atoms with Crippen molar-refractivity contribution in [3.05, 3.63) is 54.3 Å². The van der Waals surface area contributed by atoms with Crippen molar-refractivity contribution >= 4 is 38.9 Å². The van der Waals surface area contributed by atoms with Gasteiger partial charge < -0.3 is 10.6 Å². The monoisotopic (exact) mass is 393 g/mol. The first-order valence-corrected chi connectivity index (χ1v) is 9.91. The lowest BCUT2D eigenvalue weighted by Gasteiger charge is -2.22. The lowest BCUT2D eigenvalue weighted by molar-refractivity contribution is -0.116. The number of halogens is 1. The number of carbonyl (C=O) groups excluding carboxylic acids is 2. The van der Waals surface area contributed by atoms with Gasteiger partial charge in [0.2, 0.25) is 21.8 Å². The molecular weight excluding hydrogens is 373 g/mol. The summed E-state index contributed by atoms with van der Waals surface area (Å²) in [6, 6.07) is 12.0. The van der Waals surface area contributed by atoms with Crippen LogP contribution >= 0.6 is 0 Å². The highest BCUT2D eigenvalue weighted by molar-refractivity contribution is 7.92. The van der Waals surface area contributed by atoms with Gasteiger partial charge >= 0.3 is 0 Å². The first-order valence-electron chi connectivity index (χ1n) is 8.06. The number of para-hydroxylation sites is 1. The van der Waals surface area contributed by atoms with Crippen molar-refractivity contribution in [1.29, 1.82) is 0 Å². The van der Waals surface area contributed by atoms with E-state index < -0.39 is 21.7 Å². The van der Waals surface area contributed by atoms with Crippen molar-refractivity contribution < 1.29 is 22.4 Å². The van der Waals surface area contributed by atoms with Crippen molar-refractivity contribution in [1.82, 2.24) is 0 Å². The number of hydrogen-bond acceptors (Lipinski definition) is 4. The Bertz CT molecular complexity index is 947. The molecule has 0 fully saturated rings. The molecule has 0 spiro atoms. The summed E-state index contributed by atoms with van der Waals surface area (Å²) < 4.78 is 38.9. The molecule has 0 saturated carbocycles. The normalized spacial score (nSPS) is 10.9. The summed E-state index contributed by atoms with van der Waals surface area (Å²) in [5, 5.41) is 4.99. The summed E-state index contributed by atoms with van der Waals surface area (Å²) in [7, 11) is -3.67. The second kappa shape index (κ2) is 8.63. The van der Waals surface area contributed by atoms with E-state index in [-0.39, 0.29) is 24.6 Å². The highest BCUT2D eigenvalue weighted by Crippen LogP contribution is 2.22. The molecule has 0 bridgehead atoms. The highest BCUT2D eigenvalue weighted by atomic mass is 32.2. The number of nitrogens with one attached hydrogen (secondary N) is 2. The third-order valence-electron chi connectivity index (χ3n) is 3.54. The number of rotatable bonds is 7. The predicted molar refractivity (Wildman–Crippen MR) is 103 cm³/mol. The molecule has 0 radical (unpaired) electrons. The fraction of sp³-hybridized carbons (Fsp3) is 0.222. The summed E-state index contributed by atoms with van der Waals surface area (Å²) in [5.74, 6) is -1.39. The van der Waals surface area contributed by atoms with Gasteiger partial charge in [-0.2, -0.15) is 0 Å². The SMILES string of the molecule is CC(=O)Nc1cccc(N(CCC(=O)Nc2ccccc2F)S(C)(=O)=O)c1. The van der Waals surface area contributed by atoms with Crippen molar-refractivity contribution in [3.8, 4) is 0 Å². The van der Waals surface area contributed by atoms with E-state index in [0.717, 1.165) is 10.6 Å². The van der Waals surface area contributed by atoms with Crippen molar-refractivity contribution in [2.24, 2.45) is 0 Å². The number of sulfonamides is 1. The number of hydrogen-bond donors (Lipinski definition) is 2. The van der Waals surface area contributed by atoms with E-state index in [0.29, 0.717) is 11.4 Å². The van der Waals surface area contributed by atoms with Crippen LogP contribution in [-0.2, 0) is 19.6 Å². The van der Waals surface area contributed by atoms with Gasteiger partial charge in [0, 0.05) is 25.6 Å². The first kappa shape index (κ1) is 20.4. The zero-order valence-electron chi connectivity index (χ0n) is 14.9. The summed E-state index contributed by atoms with van der Waals surface area (Å²) in [4.78, 5) is 23.3. The Balaban J connectivity index is 2.13. The van der Waals surface area contributed by atoms with E-state index in [1.165, 1.54) is 31.2 Å². The van der Waals surface area contributed by atoms with Crippen LogP contribution in [0.3, 0.4) is 0 Å². The van der Waals surface area contributed by atoms with Gasteiger partial charge in [-0.1, -0.05) is 18.2 Å². The van der Waals surface area contributed by atoms with Crippen LogP contribution in [-0.4, -0.2) is 33.0 Å². The molecule has 9 heteroatoms. The zero-order valence-corrected chi connectivity index (χ0v) is 15.7. The van der Waals surface area contributed by atoms with E-state index >= 15 is 0 Å². The average molecular weight is 393 g/mol. The lowest BCUT2D eigenvalue weighted by Crippen LogP contribution is -2.33. The van der Waals surface area contributed by atoms with Crippen LogP contribution in [0.15, 0.2) is 48.5 Å². The molecule has 2 aromatic rings. The molecular formula is C18H20FN3O4S. The minimum Gasteiger partial charge on any atom is -0.326 e. The molecule has 2 amide bonds. The molecule has 0 aromatic heterocycles. The third kappa shape index (κ3) is 6.07. The van der Waals surface area contributed by atoms with Gasteiger partial charge in [-0.05, 0) is 30.3 Å². The minimum atomic E-state index is -3.67. The molecule has 144 valence electrons. The van der Waals surface area contributed by atoms with Gasteiger partial charge in [-0.3, -0.25) is 13.9 Å². The number of benzene rings is 2. The van der Waals surface area contributed by atoms with E-state index in [4.69, 9.17) is 0 Å². The number of carbonyl (C=O) groups is 2. The Morgan fingerprint density at radius 3 is 2.41 bits per heavy atom. The third-order valence-corrected chi connectivity index (χ3v) is 4.74. The van der Waals surface area contributed by atoms with Gasteiger partial charge in [-0.25, -0.2) is 12.8 Å². The largest absolute Gasteiger partial charge is 0.326 e. The average Bonchev–Trinajstić information content (AvgIpc) is 2.55. The Morgan fingerprint density at radius 1 is 1.07 bits per heavy atom. The molecule has 7 nitrogen and oxygen atoms in total. The fourth-order valence-corrected chi connectivity index (χ4v) is 3.33. The number of anilines is 3. The molecule has 2 rings (SSSR count). The summed E-state index contributed by atoms with van der Waals surface area (Å²) in [6.07, 6.45) is 0.846. The van der Waals surface area contributed by atoms with Crippen molar-refractivity contribution in [2.75, 3.05) is 27.7 Å². The van der Waals surface area contributed by atoms with Crippen LogP contribution in [0.2, 0.25) is 0 Å². The van der Waals surface area contributed by atoms with Crippen LogP contribution < -0.4 is 14.9 Å². The fourth-order valence-electron chi connectivity index (χ4n) is 2.41. The highest BCUT2D eigenvalue weighted by Gasteiger charge is 2.19. The second-order valence-corrected chi connectivity index (χ2v) is 7.75. The Kier molecular flexibility index (Phi) is 6.51. The number of nitrogens with zero attached hydrogens (tertiary/aromatic N) is 1. The maximum absolute atomic E-state index is 13.6. The maximum Gasteiger partial charge on any atom is 0.232 e. The number of amides is 2. The van der Waals surface area contributed by atoms with Crippen molar-refractivity contribution in [3.63, 3.8) is 0 Å². The van der Waals surface area contributed by atoms with Crippen molar-refractivity contribution in [2.45, 2.75) is 13.3 Å². The summed E-state index contributed by atoms with van der Waals surface area (Å²) in [5.41, 5.74) is 0.771. The second-order valence-electron chi connectivity index (χ2n) is 5.84. The molecule has 27 heavy (non-hydrogen) atoms. The van der Waals surface area contributed by atoms with Crippen LogP contribution in [0.5, 0.6) is 0 Å². The molecule has 2 N–H and O–H groups in total. The summed E-state index contributed by atoms with van der Waals surface area (Å²) in [6.45, 7) is 1.21. The van der Waals surface area contributed by atoms with Crippen LogP contribution in [0, 0.1) is 5.82 Å². The molecule has 0 heterocycles.